The number of amides is 2. The van der Waals surface area contributed by atoms with E-state index in [1.165, 1.54) is 5.56 Å². The Balaban J connectivity index is 1.17. The SMILES string of the molecule is COCOc1cc2c3c(cccc3c1)C(C)c1c-2ncc2c(N3CC4CCCC3CN4C(=O)OC(C)(C)C)nc(OC[C@H]3CN(C(=O)OCC[Si](C)(C)C)CCN3C)nc12. The maximum absolute atomic E-state index is 13.5. The highest BCUT2D eigenvalue weighted by Crippen LogP contribution is 2.49. The molecule has 5 aliphatic rings. The molecule has 4 aromatic rings. The van der Waals surface area contributed by atoms with Gasteiger partial charge in [-0.1, -0.05) is 44.8 Å². The van der Waals surface area contributed by atoms with E-state index in [0.29, 0.717) is 45.1 Å². The third-order valence-corrected chi connectivity index (χ3v) is 14.1. The lowest BCUT2D eigenvalue weighted by Crippen LogP contribution is -2.59. The number of hydrogen-bond acceptors (Lipinski definition) is 12. The normalized spacial score (nSPS) is 21.9. The number of aromatic nitrogens is 3. The van der Waals surface area contributed by atoms with Crippen LogP contribution >= 0.6 is 0 Å². The summed E-state index contributed by atoms with van der Waals surface area (Å²) in [4.78, 5) is 50.7. The van der Waals surface area contributed by atoms with Gasteiger partial charge >= 0.3 is 18.2 Å². The summed E-state index contributed by atoms with van der Waals surface area (Å²) in [6, 6.07) is 11.6. The van der Waals surface area contributed by atoms with E-state index < -0.39 is 13.7 Å². The van der Waals surface area contributed by atoms with Crippen molar-refractivity contribution in [3.63, 3.8) is 0 Å². The number of anilines is 1. The third kappa shape index (κ3) is 8.58. The molecule has 2 amide bonds. The van der Waals surface area contributed by atoms with Crippen LogP contribution in [0.1, 0.15) is 64.0 Å². The number of nitrogens with zero attached hydrogens (tertiary/aromatic N) is 7. The molecule has 6 heterocycles. The van der Waals surface area contributed by atoms with Gasteiger partial charge in [-0.25, -0.2) is 9.59 Å². The predicted octanol–water partition coefficient (Wildman–Crippen LogP) is 7.74. The maximum atomic E-state index is 13.5. The zero-order valence-corrected chi connectivity index (χ0v) is 37.7. The first-order valence-corrected chi connectivity index (χ1v) is 25.2. The molecule has 0 saturated carbocycles. The summed E-state index contributed by atoms with van der Waals surface area (Å²) in [5, 5.41) is 3.06. The molecule has 0 radical (unpaired) electrons. The Bertz CT molecular complexity index is 2260. The van der Waals surface area contributed by atoms with Crippen molar-refractivity contribution >= 4 is 47.8 Å². The number of fused-ring (bicyclic) bond motifs is 8. The lowest BCUT2D eigenvalue weighted by Gasteiger charge is -2.44. The monoisotopic (exact) mass is 839 g/mol. The molecule has 1 aliphatic carbocycles. The molecule has 4 atom stereocenters. The van der Waals surface area contributed by atoms with Gasteiger partial charge in [-0.05, 0) is 81.6 Å². The smallest absolute Gasteiger partial charge is 0.410 e. The van der Waals surface area contributed by atoms with Crippen molar-refractivity contribution in [1.29, 1.82) is 0 Å². The van der Waals surface area contributed by atoms with Crippen LogP contribution in [0.5, 0.6) is 11.8 Å². The van der Waals surface area contributed by atoms with Crippen molar-refractivity contribution < 1.29 is 33.3 Å². The molecule has 2 aromatic heterocycles. The molecule has 15 heteroatoms. The highest BCUT2D eigenvalue weighted by atomic mass is 28.3. The summed E-state index contributed by atoms with van der Waals surface area (Å²) >= 11 is 0. The first kappa shape index (κ1) is 42.0. The Morgan fingerprint density at radius 2 is 1.77 bits per heavy atom. The molecular weight excluding hydrogens is 779 g/mol. The number of likely N-dealkylation sites (N-methyl/N-ethyl adjacent to an activating group) is 1. The molecule has 3 unspecified atom stereocenters. The number of carbonyl (C=O) groups excluding carboxylic acids is 2. The lowest BCUT2D eigenvalue weighted by atomic mass is 9.79. The first-order valence-electron chi connectivity index (χ1n) is 21.5. The van der Waals surface area contributed by atoms with E-state index in [4.69, 9.17) is 38.6 Å². The van der Waals surface area contributed by atoms with E-state index in [9.17, 15) is 9.59 Å². The lowest BCUT2D eigenvalue weighted by molar-refractivity contribution is 0.0123. The van der Waals surface area contributed by atoms with Crippen LogP contribution in [0, 0.1) is 0 Å². The zero-order chi connectivity index (χ0) is 42.5. The number of benzene rings is 2. The Morgan fingerprint density at radius 1 is 0.967 bits per heavy atom. The van der Waals surface area contributed by atoms with Crippen molar-refractivity contribution in [2.75, 3.05) is 71.8 Å². The van der Waals surface area contributed by atoms with Gasteiger partial charge in [0.05, 0.1) is 35.3 Å². The molecule has 14 nitrogen and oxygen atoms in total. The van der Waals surface area contributed by atoms with Crippen molar-refractivity contribution in [3.8, 4) is 23.0 Å². The van der Waals surface area contributed by atoms with Crippen LogP contribution in [0.4, 0.5) is 15.4 Å². The summed E-state index contributed by atoms with van der Waals surface area (Å²) in [5.74, 6) is 1.41. The number of ether oxygens (including phenoxy) is 5. The van der Waals surface area contributed by atoms with Crippen LogP contribution in [0.15, 0.2) is 36.5 Å². The molecule has 9 rings (SSSR count). The molecule has 0 spiro atoms. The molecular formula is C45H61N7O7Si. The molecule has 0 N–H and O–H groups in total. The average molecular weight is 840 g/mol. The number of methoxy groups -OCH3 is 1. The summed E-state index contributed by atoms with van der Waals surface area (Å²) in [7, 11) is 2.34. The van der Waals surface area contributed by atoms with Gasteiger partial charge < -0.3 is 38.4 Å². The predicted molar refractivity (Wildman–Crippen MR) is 235 cm³/mol. The van der Waals surface area contributed by atoms with Gasteiger partial charge in [0.2, 0.25) is 0 Å². The van der Waals surface area contributed by atoms with E-state index in [-0.39, 0.29) is 55.6 Å². The fourth-order valence-corrected chi connectivity index (χ4v) is 9.87. The van der Waals surface area contributed by atoms with Gasteiger partial charge in [0.15, 0.2) is 6.79 Å². The van der Waals surface area contributed by atoms with Gasteiger partial charge in [-0.15, -0.1) is 0 Å². The number of carbonyl (C=O) groups is 2. The van der Waals surface area contributed by atoms with Crippen molar-refractivity contribution in [3.05, 3.63) is 47.7 Å². The average Bonchev–Trinajstić information content (AvgIpc) is 3.54. The second-order valence-corrected chi connectivity index (χ2v) is 24.8. The summed E-state index contributed by atoms with van der Waals surface area (Å²) in [6.45, 7) is 18.5. The van der Waals surface area contributed by atoms with Crippen molar-refractivity contribution in [2.45, 2.75) is 102 Å². The fraction of sp³-hybridized carbons (Fsp3) is 0.578. The minimum atomic E-state index is -1.34. The second kappa shape index (κ2) is 16.6. The van der Waals surface area contributed by atoms with Gasteiger partial charge in [0, 0.05) is 77.2 Å². The Labute approximate surface area is 354 Å². The number of hydrogen-bond donors (Lipinski definition) is 0. The fourth-order valence-electron chi connectivity index (χ4n) is 9.16. The first-order chi connectivity index (χ1) is 28.6. The highest BCUT2D eigenvalue weighted by Gasteiger charge is 2.42. The van der Waals surface area contributed by atoms with Crippen molar-refractivity contribution in [2.24, 2.45) is 0 Å². The highest BCUT2D eigenvalue weighted by molar-refractivity contribution is 6.76. The van der Waals surface area contributed by atoms with E-state index in [1.54, 1.807) is 12.0 Å². The molecule has 4 aliphatic heterocycles. The Kier molecular flexibility index (Phi) is 11.6. The van der Waals surface area contributed by atoms with E-state index in [2.05, 4.69) is 67.7 Å². The molecule has 2 aromatic carbocycles. The van der Waals surface area contributed by atoms with Crippen LogP contribution < -0.4 is 14.4 Å². The van der Waals surface area contributed by atoms with Gasteiger partial charge in [0.25, 0.3) is 0 Å². The number of piperazine rings is 2. The second-order valence-electron chi connectivity index (χ2n) is 19.1. The Morgan fingerprint density at radius 3 is 2.53 bits per heavy atom. The van der Waals surface area contributed by atoms with Crippen LogP contribution in [-0.4, -0.2) is 141 Å². The summed E-state index contributed by atoms with van der Waals surface area (Å²) in [6.07, 6.45) is 4.14. The zero-order valence-electron chi connectivity index (χ0n) is 36.7. The molecule has 2 bridgehead atoms. The largest absolute Gasteiger partial charge is 0.468 e. The topological polar surface area (TPSA) is 132 Å². The summed E-state index contributed by atoms with van der Waals surface area (Å²) < 4.78 is 29.5. The number of rotatable bonds is 10. The van der Waals surface area contributed by atoms with Gasteiger partial charge in [-0.3, -0.25) is 9.88 Å². The van der Waals surface area contributed by atoms with Crippen molar-refractivity contribution in [1.82, 2.24) is 29.7 Å². The van der Waals surface area contributed by atoms with Crippen LogP contribution in [0.2, 0.25) is 25.7 Å². The molecule has 60 heavy (non-hydrogen) atoms. The maximum Gasteiger partial charge on any atom is 0.410 e. The minimum Gasteiger partial charge on any atom is -0.468 e. The summed E-state index contributed by atoms with van der Waals surface area (Å²) in [5.41, 5.74) is 4.22. The third-order valence-electron chi connectivity index (χ3n) is 12.4. The molecule has 4 fully saturated rings. The van der Waals surface area contributed by atoms with E-state index in [1.807, 2.05) is 37.9 Å². The van der Waals surface area contributed by atoms with E-state index >= 15 is 0 Å². The van der Waals surface area contributed by atoms with E-state index in [0.717, 1.165) is 69.6 Å². The van der Waals surface area contributed by atoms with Gasteiger partial charge in [-0.2, -0.15) is 9.97 Å². The minimum absolute atomic E-state index is 0.00985. The Hall–Kier alpha value is -4.73. The van der Waals surface area contributed by atoms with Crippen LogP contribution in [0.25, 0.3) is 32.9 Å². The molecule has 4 saturated heterocycles. The van der Waals surface area contributed by atoms with Crippen LogP contribution in [-0.2, 0) is 14.2 Å². The quantitative estimate of drug-likeness (QED) is 0.114. The number of pyridine rings is 1. The van der Waals surface area contributed by atoms with Gasteiger partial charge in [0.1, 0.15) is 23.8 Å². The molecule has 322 valence electrons. The van der Waals surface area contributed by atoms with Crippen LogP contribution in [0.3, 0.4) is 0 Å². The standard InChI is InChI=1S/C45H61N7O7Si/c1-28-34-15-10-12-29-20-33(58-27-55-6)21-35(38(29)34)39-37(28)40-36(22-46-39)41(51-24-31-14-11-13-30(51)25-52(31)44(54)59-45(2,3)4)48-42(47-40)57-26-32-23-50(17-16-49(32)5)43(53)56-18-19-60(7,8)9/h10,12,15,20-22,28,30-32H,11,13-14,16-19,23-27H2,1-9H3/t28?,30?,31?,32-/m1/s1.